The minimum absolute atomic E-state index is 0.0889. The number of thiophene rings is 1. The van der Waals surface area contributed by atoms with E-state index in [1.807, 2.05) is 24.4 Å². The average Bonchev–Trinajstić information content (AvgIpc) is 2.96. The molecule has 1 aromatic carbocycles. The Morgan fingerprint density at radius 3 is 2.92 bits per heavy atom. The fraction of sp³-hybridized carbons (Fsp3) is 0.312. The van der Waals surface area contributed by atoms with Crippen LogP contribution >= 0.6 is 23.1 Å². The van der Waals surface area contributed by atoms with Gasteiger partial charge in [0.25, 0.3) is 0 Å². The van der Waals surface area contributed by atoms with Crippen LogP contribution in [0.5, 0.6) is 0 Å². The van der Waals surface area contributed by atoms with Crippen LogP contribution in [0.3, 0.4) is 0 Å². The zero-order chi connectivity index (χ0) is 17.2. The summed E-state index contributed by atoms with van der Waals surface area (Å²) in [5.74, 6) is -0.0889. The van der Waals surface area contributed by atoms with Crippen LogP contribution < -0.4 is 10.0 Å². The topological polar surface area (TPSA) is 75.3 Å². The number of carbonyl (C=O) groups is 1. The van der Waals surface area contributed by atoms with Crippen LogP contribution in [0.15, 0.2) is 45.5 Å². The first-order chi connectivity index (χ1) is 11.4. The number of fused-ring (bicyclic) bond motifs is 1. The Labute approximate surface area is 149 Å². The summed E-state index contributed by atoms with van der Waals surface area (Å²) in [6.07, 6.45) is 1.08. The van der Waals surface area contributed by atoms with Gasteiger partial charge in [-0.1, -0.05) is 13.0 Å². The highest BCUT2D eigenvalue weighted by atomic mass is 32.2. The van der Waals surface area contributed by atoms with E-state index >= 15 is 0 Å². The number of amides is 1. The van der Waals surface area contributed by atoms with Crippen molar-refractivity contribution < 1.29 is 13.2 Å². The maximum atomic E-state index is 12.5. The molecule has 0 saturated carbocycles. The summed E-state index contributed by atoms with van der Waals surface area (Å²) in [6.45, 7) is 2.33. The molecule has 24 heavy (non-hydrogen) atoms. The normalized spacial score (nSPS) is 17.9. The Hall–Kier alpha value is -1.35. The summed E-state index contributed by atoms with van der Waals surface area (Å²) in [6, 6.07) is 8.81. The SMILES string of the molecule is CC1CC(=O)Nc2cc(S(=O)(=O)NCCc3cccs3)ccc2S1. The van der Waals surface area contributed by atoms with Gasteiger partial charge in [0, 0.05) is 28.0 Å². The lowest BCUT2D eigenvalue weighted by Gasteiger charge is -2.11. The Morgan fingerprint density at radius 2 is 2.17 bits per heavy atom. The second-order valence-electron chi connectivity index (χ2n) is 5.57. The predicted molar refractivity (Wildman–Crippen MR) is 98.2 cm³/mol. The van der Waals surface area contributed by atoms with E-state index in [0.29, 0.717) is 25.1 Å². The number of rotatable bonds is 5. The molecule has 1 amide bonds. The van der Waals surface area contributed by atoms with Gasteiger partial charge in [-0.05, 0) is 36.1 Å². The number of anilines is 1. The molecule has 0 bridgehead atoms. The van der Waals surface area contributed by atoms with Crippen molar-refractivity contribution in [2.75, 3.05) is 11.9 Å². The van der Waals surface area contributed by atoms with Crippen LogP contribution in [0.25, 0.3) is 0 Å². The van der Waals surface area contributed by atoms with E-state index < -0.39 is 10.0 Å². The first kappa shape index (κ1) is 17.5. The monoisotopic (exact) mass is 382 g/mol. The van der Waals surface area contributed by atoms with Gasteiger partial charge < -0.3 is 5.32 Å². The fourth-order valence-electron chi connectivity index (χ4n) is 2.44. The van der Waals surface area contributed by atoms with E-state index in [4.69, 9.17) is 0 Å². The molecule has 0 saturated heterocycles. The largest absolute Gasteiger partial charge is 0.325 e. The Balaban J connectivity index is 1.75. The summed E-state index contributed by atoms with van der Waals surface area (Å²) in [4.78, 5) is 14.0. The molecule has 1 unspecified atom stereocenters. The predicted octanol–water partition coefficient (Wildman–Crippen LogP) is 3.09. The van der Waals surface area contributed by atoms with Crippen LogP contribution in [-0.2, 0) is 21.2 Å². The van der Waals surface area contributed by atoms with Crippen molar-refractivity contribution in [3.8, 4) is 0 Å². The van der Waals surface area contributed by atoms with Crippen molar-refractivity contribution in [2.24, 2.45) is 0 Å². The number of carbonyl (C=O) groups excluding carboxylic acids is 1. The van der Waals surface area contributed by atoms with E-state index in [9.17, 15) is 13.2 Å². The third kappa shape index (κ3) is 4.18. The lowest BCUT2D eigenvalue weighted by molar-refractivity contribution is -0.116. The first-order valence-electron chi connectivity index (χ1n) is 7.56. The van der Waals surface area contributed by atoms with Gasteiger partial charge in [0.05, 0.1) is 10.6 Å². The molecular weight excluding hydrogens is 364 g/mol. The van der Waals surface area contributed by atoms with Crippen LogP contribution in [0.4, 0.5) is 5.69 Å². The number of thioether (sulfide) groups is 1. The van der Waals surface area contributed by atoms with Gasteiger partial charge in [-0.25, -0.2) is 13.1 Å². The van der Waals surface area contributed by atoms with Crippen molar-refractivity contribution in [3.63, 3.8) is 0 Å². The molecule has 1 aliphatic heterocycles. The van der Waals surface area contributed by atoms with Crippen LogP contribution in [0, 0.1) is 0 Å². The molecule has 2 heterocycles. The van der Waals surface area contributed by atoms with E-state index in [1.54, 1.807) is 35.2 Å². The minimum Gasteiger partial charge on any atom is -0.325 e. The van der Waals surface area contributed by atoms with Gasteiger partial charge in [-0.3, -0.25) is 4.79 Å². The van der Waals surface area contributed by atoms with Crippen LogP contribution in [-0.4, -0.2) is 26.1 Å². The first-order valence-corrected chi connectivity index (χ1v) is 10.8. The molecule has 0 aliphatic carbocycles. The standard InChI is InChI=1S/C16H18N2O3S3/c1-11-9-16(19)18-14-10-13(4-5-15(14)23-11)24(20,21)17-7-6-12-3-2-8-22-12/h2-5,8,10-11,17H,6-7,9H2,1H3,(H,18,19). The maximum Gasteiger partial charge on any atom is 0.240 e. The third-order valence-electron chi connectivity index (χ3n) is 3.58. The van der Waals surface area contributed by atoms with E-state index in [2.05, 4.69) is 10.0 Å². The van der Waals surface area contributed by atoms with Gasteiger partial charge >= 0.3 is 0 Å². The summed E-state index contributed by atoms with van der Waals surface area (Å²) in [5, 5.41) is 4.93. The summed E-state index contributed by atoms with van der Waals surface area (Å²) >= 11 is 3.18. The van der Waals surface area contributed by atoms with Gasteiger partial charge in [0.1, 0.15) is 0 Å². The smallest absolute Gasteiger partial charge is 0.240 e. The van der Waals surface area contributed by atoms with E-state index in [1.165, 1.54) is 6.07 Å². The zero-order valence-corrected chi connectivity index (χ0v) is 15.6. The minimum atomic E-state index is -3.60. The quantitative estimate of drug-likeness (QED) is 0.833. The Bertz CT molecular complexity index is 832. The number of hydrogen-bond donors (Lipinski definition) is 2. The third-order valence-corrected chi connectivity index (χ3v) is 7.15. The second kappa shape index (κ2) is 7.26. The summed E-state index contributed by atoms with van der Waals surface area (Å²) < 4.78 is 27.5. The molecule has 0 radical (unpaired) electrons. The second-order valence-corrected chi connectivity index (χ2v) is 9.85. The number of nitrogens with one attached hydrogen (secondary N) is 2. The molecule has 5 nitrogen and oxygen atoms in total. The molecule has 128 valence electrons. The highest BCUT2D eigenvalue weighted by molar-refractivity contribution is 8.00. The zero-order valence-electron chi connectivity index (χ0n) is 13.1. The van der Waals surface area contributed by atoms with Crippen molar-refractivity contribution in [1.82, 2.24) is 4.72 Å². The molecule has 1 aliphatic rings. The Kier molecular flexibility index (Phi) is 5.29. The molecule has 1 aromatic heterocycles. The average molecular weight is 383 g/mol. The summed E-state index contributed by atoms with van der Waals surface area (Å²) in [5.41, 5.74) is 0.565. The lowest BCUT2D eigenvalue weighted by atomic mass is 10.3. The molecule has 2 aromatic rings. The fourth-order valence-corrected chi connectivity index (χ4v) is 5.26. The van der Waals surface area contributed by atoms with Crippen molar-refractivity contribution in [2.45, 2.75) is 34.8 Å². The molecule has 3 rings (SSSR count). The van der Waals surface area contributed by atoms with Gasteiger partial charge in [-0.15, -0.1) is 23.1 Å². The number of benzene rings is 1. The highest BCUT2D eigenvalue weighted by Crippen LogP contribution is 2.36. The summed E-state index contributed by atoms with van der Waals surface area (Å²) in [7, 11) is -3.60. The van der Waals surface area contributed by atoms with E-state index in [-0.39, 0.29) is 16.1 Å². The highest BCUT2D eigenvalue weighted by Gasteiger charge is 2.22. The van der Waals surface area contributed by atoms with Crippen LogP contribution in [0.1, 0.15) is 18.2 Å². The molecular formula is C16H18N2O3S3. The van der Waals surface area contributed by atoms with Gasteiger partial charge in [0.15, 0.2) is 0 Å². The van der Waals surface area contributed by atoms with Crippen molar-refractivity contribution in [1.29, 1.82) is 0 Å². The van der Waals surface area contributed by atoms with E-state index in [0.717, 1.165) is 9.77 Å². The number of sulfonamides is 1. The molecule has 0 fully saturated rings. The molecule has 8 heteroatoms. The maximum absolute atomic E-state index is 12.5. The van der Waals surface area contributed by atoms with Crippen molar-refractivity contribution in [3.05, 3.63) is 40.6 Å². The van der Waals surface area contributed by atoms with Gasteiger partial charge in [-0.2, -0.15) is 0 Å². The van der Waals surface area contributed by atoms with Gasteiger partial charge in [0.2, 0.25) is 15.9 Å². The molecule has 0 spiro atoms. The van der Waals surface area contributed by atoms with Crippen LogP contribution in [0.2, 0.25) is 0 Å². The number of hydrogen-bond acceptors (Lipinski definition) is 5. The Morgan fingerprint density at radius 1 is 1.33 bits per heavy atom. The molecule has 1 atom stereocenters. The lowest BCUT2D eigenvalue weighted by Crippen LogP contribution is -2.26. The molecule has 2 N–H and O–H groups in total. The van der Waals surface area contributed by atoms with Crippen molar-refractivity contribution >= 4 is 44.7 Å².